The summed E-state index contributed by atoms with van der Waals surface area (Å²) >= 11 is 0. The first-order valence-electron chi connectivity index (χ1n) is 8.00. The predicted octanol–water partition coefficient (Wildman–Crippen LogP) is 2.38. The molecule has 3 rings (SSSR count). The van der Waals surface area contributed by atoms with E-state index in [0.717, 1.165) is 38.2 Å². The van der Waals surface area contributed by atoms with Crippen molar-refractivity contribution in [3.05, 3.63) is 23.9 Å². The molecule has 0 radical (unpaired) electrons. The lowest BCUT2D eigenvalue weighted by Gasteiger charge is -2.20. The fourth-order valence-electron chi connectivity index (χ4n) is 3.41. The summed E-state index contributed by atoms with van der Waals surface area (Å²) in [5.74, 6) is 1.37. The van der Waals surface area contributed by atoms with Gasteiger partial charge in [-0.3, -0.25) is 4.79 Å². The largest absolute Gasteiger partial charge is 0.357 e. The molecule has 3 N–H and O–H groups in total. The average molecular weight is 361 g/mol. The first-order chi connectivity index (χ1) is 10.3. The SMILES string of the molecule is Cl.Cl.NCC1CCCC1NC(=O)c1ccc(N2CCCC2)nc1. The highest BCUT2D eigenvalue weighted by Crippen LogP contribution is 2.25. The van der Waals surface area contributed by atoms with E-state index in [1.165, 1.54) is 12.8 Å². The summed E-state index contributed by atoms with van der Waals surface area (Å²) in [4.78, 5) is 19.0. The molecule has 130 valence electrons. The topological polar surface area (TPSA) is 71.2 Å². The molecule has 2 fully saturated rings. The summed E-state index contributed by atoms with van der Waals surface area (Å²) in [5.41, 5.74) is 6.40. The van der Waals surface area contributed by atoms with Crippen molar-refractivity contribution >= 4 is 36.5 Å². The van der Waals surface area contributed by atoms with Crippen molar-refractivity contribution < 1.29 is 4.79 Å². The van der Waals surface area contributed by atoms with Crippen molar-refractivity contribution in [1.82, 2.24) is 10.3 Å². The lowest BCUT2D eigenvalue weighted by atomic mass is 10.0. The van der Waals surface area contributed by atoms with Gasteiger partial charge in [0.1, 0.15) is 5.82 Å². The molecule has 1 aromatic rings. The van der Waals surface area contributed by atoms with Gasteiger partial charge >= 0.3 is 0 Å². The Morgan fingerprint density at radius 3 is 2.57 bits per heavy atom. The number of nitrogens with zero attached hydrogens (tertiary/aromatic N) is 2. The number of carbonyl (C=O) groups is 1. The lowest BCUT2D eigenvalue weighted by molar-refractivity contribution is 0.0928. The van der Waals surface area contributed by atoms with E-state index in [9.17, 15) is 4.79 Å². The van der Waals surface area contributed by atoms with Gasteiger partial charge in [0.25, 0.3) is 5.91 Å². The molecular formula is C16H26Cl2N4O. The Labute approximate surface area is 150 Å². The van der Waals surface area contributed by atoms with E-state index in [1.807, 2.05) is 12.1 Å². The predicted molar refractivity (Wildman–Crippen MR) is 97.8 cm³/mol. The Morgan fingerprint density at radius 2 is 1.96 bits per heavy atom. The van der Waals surface area contributed by atoms with Crippen LogP contribution in [-0.2, 0) is 0 Å². The molecule has 0 bridgehead atoms. The zero-order chi connectivity index (χ0) is 14.7. The maximum atomic E-state index is 12.3. The monoisotopic (exact) mass is 360 g/mol. The van der Waals surface area contributed by atoms with Gasteiger partial charge in [-0.25, -0.2) is 4.98 Å². The minimum Gasteiger partial charge on any atom is -0.357 e. The smallest absolute Gasteiger partial charge is 0.253 e. The van der Waals surface area contributed by atoms with Crippen LogP contribution < -0.4 is 16.0 Å². The van der Waals surface area contributed by atoms with Crippen LogP contribution in [0.2, 0.25) is 0 Å². The molecule has 1 aliphatic heterocycles. The molecule has 1 aliphatic carbocycles. The van der Waals surface area contributed by atoms with Gasteiger partial charge in [-0.1, -0.05) is 6.42 Å². The van der Waals surface area contributed by atoms with Crippen LogP contribution in [0, 0.1) is 5.92 Å². The van der Waals surface area contributed by atoms with Gasteiger partial charge in [0.15, 0.2) is 0 Å². The van der Waals surface area contributed by atoms with E-state index >= 15 is 0 Å². The third-order valence-electron chi connectivity index (χ3n) is 4.72. The highest BCUT2D eigenvalue weighted by molar-refractivity contribution is 5.94. The molecule has 1 amide bonds. The van der Waals surface area contributed by atoms with Gasteiger partial charge < -0.3 is 16.0 Å². The quantitative estimate of drug-likeness (QED) is 0.864. The van der Waals surface area contributed by atoms with Crippen LogP contribution in [0.15, 0.2) is 18.3 Å². The Morgan fingerprint density at radius 1 is 1.22 bits per heavy atom. The normalized spacial score (nSPS) is 23.1. The van der Waals surface area contributed by atoms with Crippen LogP contribution in [0.25, 0.3) is 0 Å². The second kappa shape index (κ2) is 9.30. The number of rotatable bonds is 4. The zero-order valence-electron chi connectivity index (χ0n) is 13.2. The summed E-state index contributed by atoms with van der Waals surface area (Å²) in [6, 6.07) is 4.05. The van der Waals surface area contributed by atoms with Crippen molar-refractivity contribution in [2.75, 3.05) is 24.5 Å². The standard InChI is InChI=1S/C16H24N4O.2ClH/c17-10-12-4-3-5-14(12)19-16(21)13-6-7-15(18-11-13)20-8-1-2-9-20;;/h6-7,11-12,14H,1-5,8-10,17H2,(H,19,21);2*1H. The van der Waals surface area contributed by atoms with Gasteiger partial charge in [-0.15, -0.1) is 24.8 Å². The highest BCUT2D eigenvalue weighted by atomic mass is 35.5. The van der Waals surface area contributed by atoms with Crippen molar-refractivity contribution in [2.45, 2.75) is 38.1 Å². The number of pyridine rings is 1. The number of amides is 1. The molecule has 2 aliphatic rings. The van der Waals surface area contributed by atoms with E-state index in [0.29, 0.717) is 18.0 Å². The van der Waals surface area contributed by atoms with Crippen molar-refractivity contribution in [3.63, 3.8) is 0 Å². The fraction of sp³-hybridized carbons (Fsp3) is 0.625. The number of nitrogens with two attached hydrogens (primary N) is 1. The molecule has 7 heteroatoms. The molecule has 23 heavy (non-hydrogen) atoms. The number of aromatic nitrogens is 1. The van der Waals surface area contributed by atoms with Crippen LogP contribution in [0.5, 0.6) is 0 Å². The van der Waals surface area contributed by atoms with E-state index < -0.39 is 0 Å². The molecular weight excluding hydrogens is 335 g/mol. The third kappa shape index (κ3) is 4.72. The molecule has 5 nitrogen and oxygen atoms in total. The second-order valence-electron chi connectivity index (χ2n) is 6.11. The zero-order valence-corrected chi connectivity index (χ0v) is 14.9. The minimum absolute atomic E-state index is 0. The molecule has 2 atom stereocenters. The minimum atomic E-state index is -0.0270. The Kier molecular flexibility index (Phi) is 8.09. The van der Waals surface area contributed by atoms with E-state index in [1.54, 1.807) is 6.20 Å². The van der Waals surface area contributed by atoms with Gasteiger partial charge in [-0.05, 0) is 50.3 Å². The first-order valence-corrected chi connectivity index (χ1v) is 8.00. The van der Waals surface area contributed by atoms with Crippen molar-refractivity contribution in [2.24, 2.45) is 11.7 Å². The fourth-order valence-corrected chi connectivity index (χ4v) is 3.41. The van der Waals surface area contributed by atoms with E-state index in [-0.39, 0.29) is 36.8 Å². The summed E-state index contributed by atoms with van der Waals surface area (Å²) in [7, 11) is 0. The van der Waals surface area contributed by atoms with E-state index in [4.69, 9.17) is 5.73 Å². The summed E-state index contributed by atoms with van der Waals surface area (Å²) in [6.07, 6.45) is 7.45. The maximum absolute atomic E-state index is 12.3. The third-order valence-corrected chi connectivity index (χ3v) is 4.72. The number of halogens is 2. The van der Waals surface area contributed by atoms with Crippen LogP contribution in [0.3, 0.4) is 0 Å². The van der Waals surface area contributed by atoms with Crippen LogP contribution in [-0.4, -0.2) is 36.6 Å². The Bertz CT molecular complexity index is 491. The summed E-state index contributed by atoms with van der Waals surface area (Å²) in [5, 5.41) is 3.11. The average Bonchev–Trinajstić information content (AvgIpc) is 3.18. The molecule has 0 spiro atoms. The lowest BCUT2D eigenvalue weighted by Crippen LogP contribution is -2.39. The number of carbonyl (C=O) groups excluding carboxylic acids is 1. The Hall–Kier alpha value is -1.04. The summed E-state index contributed by atoms with van der Waals surface area (Å²) in [6.45, 7) is 2.79. The molecule has 2 unspecified atom stereocenters. The van der Waals surface area contributed by atoms with Gasteiger partial charge in [-0.2, -0.15) is 0 Å². The van der Waals surface area contributed by atoms with Crippen LogP contribution >= 0.6 is 24.8 Å². The number of anilines is 1. The maximum Gasteiger partial charge on any atom is 0.253 e. The van der Waals surface area contributed by atoms with Gasteiger partial charge in [0.2, 0.25) is 0 Å². The van der Waals surface area contributed by atoms with Crippen molar-refractivity contribution in [3.8, 4) is 0 Å². The Balaban J connectivity index is 0.00000132. The van der Waals surface area contributed by atoms with Crippen LogP contribution in [0.1, 0.15) is 42.5 Å². The number of nitrogens with one attached hydrogen (secondary N) is 1. The first kappa shape index (κ1) is 20.0. The van der Waals surface area contributed by atoms with Gasteiger partial charge in [0.05, 0.1) is 5.56 Å². The number of hydrogen-bond acceptors (Lipinski definition) is 4. The molecule has 2 heterocycles. The molecule has 1 saturated carbocycles. The van der Waals surface area contributed by atoms with Crippen molar-refractivity contribution in [1.29, 1.82) is 0 Å². The van der Waals surface area contributed by atoms with E-state index in [2.05, 4.69) is 15.2 Å². The molecule has 0 aromatic carbocycles. The van der Waals surface area contributed by atoms with Crippen LogP contribution in [0.4, 0.5) is 5.82 Å². The molecule has 1 aromatic heterocycles. The van der Waals surface area contributed by atoms with Gasteiger partial charge in [0, 0.05) is 25.3 Å². The molecule has 1 saturated heterocycles. The highest BCUT2D eigenvalue weighted by Gasteiger charge is 2.27. The second-order valence-corrected chi connectivity index (χ2v) is 6.11. The number of hydrogen-bond donors (Lipinski definition) is 2. The summed E-state index contributed by atoms with van der Waals surface area (Å²) < 4.78 is 0.